The van der Waals surface area contributed by atoms with Gasteiger partial charge in [0.25, 0.3) is 0 Å². The zero-order valence-corrected chi connectivity index (χ0v) is 26.7. The number of hydrogen-bond acceptors (Lipinski definition) is 2. The summed E-state index contributed by atoms with van der Waals surface area (Å²) in [6, 6.07) is 0. The molecule has 0 bridgehead atoms. The molecular weight excluding hydrogens is 488 g/mol. The standard InChI is InChI=1S/C38H64O2/c1-3-5-7-8-10-12-30-15-19-32(20-16-30)34-23-27-38(28-24-34)35(39)37(36(38)40)25-21-33(22-26-37)31-17-13-29(14-18-31)11-9-6-4-2/h29-34H,3-28H2,1-2H3/t29-,30-,31-,32-,33?,34?,37?,38?. The Labute approximate surface area is 248 Å². The minimum atomic E-state index is -0.546. The number of Topliss-reactive ketones (excluding diaryl/α,β-unsaturated/α-hetero) is 2. The average molecular weight is 553 g/mol. The molecule has 0 atom stereocenters. The second-order valence-electron chi connectivity index (χ2n) is 15.8. The van der Waals surface area contributed by atoms with Gasteiger partial charge in [0, 0.05) is 0 Å². The summed E-state index contributed by atoms with van der Waals surface area (Å²) < 4.78 is 0. The van der Waals surface area contributed by atoms with Crippen molar-refractivity contribution in [2.24, 2.45) is 46.3 Å². The zero-order valence-electron chi connectivity index (χ0n) is 26.7. The van der Waals surface area contributed by atoms with E-state index in [4.69, 9.17) is 0 Å². The van der Waals surface area contributed by atoms with E-state index in [2.05, 4.69) is 13.8 Å². The minimum absolute atomic E-state index is 0.410. The lowest BCUT2D eigenvalue weighted by atomic mass is 9.41. The maximum absolute atomic E-state index is 13.8. The van der Waals surface area contributed by atoms with Crippen LogP contribution in [0.15, 0.2) is 0 Å². The highest BCUT2D eigenvalue weighted by Crippen LogP contribution is 2.63. The van der Waals surface area contributed by atoms with Crippen LogP contribution in [0.1, 0.15) is 181 Å². The smallest absolute Gasteiger partial charge is 0.159 e. The normalized spacial score (nSPS) is 40.5. The lowest BCUT2D eigenvalue weighted by molar-refractivity contribution is -0.179. The van der Waals surface area contributed by atoms with Crippen LogP contribution in [0.2, 0.25) is 0 Å². The van der Waals surface area contributed by atoms with Gasteiger partial charge in [0.1, 0.15) is 0 Å². The van der Waals surface area contributed by atoms with E-state index in [1.165, 1.54) is 116 Å². The van der Waals surface area contributed by atoms with Crippen LogP contribution in [0.5, 0.6) is 0 Å². The highest BCUT2D eigenvalue weighted by atomic mass is 16.2. The molecule has 0 aromatic rings. The summed E-state index contributed by atoms with van der Waals surface area (Å²) in [5.41, 5.74) is -1.09. The van der Waals surface area contributed by atoms with E-state index in [-0.39, 0.29) is 0 Å². The van der Waals surface area contributed by atoms with Gasteiger partial charge in [0.15, 0.2) is 11.6 Å². The van der Waals surface area contributed by atoms with E-state index in [1.54, 1.807) is 0 Å². The number of hydrogen-bond donors (Lipinski definition) is 0. The first-order chi connectivity index (χ1) is 19.5. The Balaban J connectivity index is 1.02. The van der Waals surface area contributed by atoms with Crippen LogP contribution in [0.3, 0.4) is 0 Å². The molecule has 5 rings (SSSR count). The lowest BCUT2D eigenvalue weighted by Crippen LogP contribution is -2.68. The Morgan fingerprint density at radius 1 is 0.450 bits per heavy atom. The predicted octanol–water partition coefficient (Wildman–Crippen LogP) is 11.0. The monoisotopic (exact) mass is 552 g/mol. The number of ketones is 2. The first kappa shape index (κ1) is 30.8. The Kier molecular flexibility index (Phi) is 10.9. The van der Waals surface area contributed by atoms with E-state index in [1.807, 2.05) is 0 Å². The summed E-state index contributed by atoms with van der Waals surface area (Å²) in [5, 5.41) is 0. The molecule has 0 aromatic heterocycles. The van der Waals surface area contributed by atoms with Gasteiger partial charge in [0.2, 0.25) is 0 Å². The fraction of sp³-hybridized carbons (Fsp3) is 0.947. The highest BCUT2D eigenvalue weighted by Gasteiger charge is 2.71. The summed E-state index contributed by atoms with van der Waals surface area (Å²) in [4.78, 5) is 27.7. The molecule has 2 heteroatoms. The molecule has 5 saturated carbocycles. The third-order valence-corrected chi connectivity index (χ3v) is 13.6. The molecule has 5 aliphatic carbocycles. The van der Waals surface area contributed by atoms with Crippen LogP contribution in [-0.2, 0) is 9.59 Å². The number of unbranched alkanes of at least 4 members (excludes halogenated alkanes) is 6. The summed E-state index contributed by atoms with van der Waals surface area (Å²) in [5.74, 6) is 6.05. The average Bonchev–Trinajstić information content (AvgIpc) is 3.01. The molecule has 0 radical (unpaired) electrons. The van der Waals surface area contributed by atoms with E-state index in [0.717, 1.165) is 86.9 Å². The first-order valence-corrected chi connectivity index (χ1v) is 18.6. The maximum atomic E-state index is 13.8. The number of carbonyl (C=O) groups excluding carboxylic acids is 2. The van der Waals surface area contributed by atoms with Crippen molar-refractivity contribution in [1.82, 2.24) is 0 Å². The van der Waals surface area contributed by atoms with Crippen LogP contribution in [0.25, 0.3) is 0 Å². The number of carbonyl (C=O) groups is 2. The van der Waals surface area contributed by atoms with Crippen LogP contribution in [0.4, 0.5) is 0 Å². The van der Waals surface area contributed by atoms with E-state index in [0.29, 0.717) is 11.6 Å². The van der Waals surface area contributed by atoms with Gasteiger partial charge in [-0.25, -0.2) is 0 Å². The van der Waals surface area contributed by atoms with Crippen molar-refractivity contribution in [2.75, 3.05) is 0 Å². The predicted molar refractivity (Wildman–Crippen MR) is 167 cm³/mol. The van der Waals surface area contributed by atoms with Crippen LogP contribution < -0.4 is 0 Å². The van der Waals surface area contributed by atoms with E-state index >= 15 is 0 Å². The number of rotatable bonds is 12. The molecule has 0 N–H and O–H groups in total. The molecule has 228 valence electrons. The van der Waals surface area contributed by atoms with Gasteiger partial charge in [0.05, 0.1) is 10.8 Å². The molecule has 5 fully saturated rings. The van der Waals surface area contributed by atoms with Crippen molar-refractivity contribution >= 4 is 11.6 Å². The zero-order chi connectivity index (χ0) is 28.0. The van der Waals surface area contributed by atoms with Crippen LogP contribution in [0, 0.1) is 46.3 Å². The molecule has 2 spiro atoms. The van der Waals surface area contributed by atoms with Crippen molar-refractivity contribution < 1.29 is 9.59 Å². The minimum Gasteiger partial charge on any atom is -0.297 e. The molecular formula is C38H64O2. The Morgan fingerprint density at radius 2 is 0.775 bits per heavy atom. The molecule has 0 unspecified atom stereocenters. The fourth-order valence-electron chi connectivity index (χ4n) is 10.8. The lowest BCUT2D eigenvalue weighted by Gasteiger charge is -2.58. The maximum Gasteiger partial charge on any atom is 0.159 e. The molecule has 2 nitrogen and oxygen atoms in total. The van der Waals surface area contributed by atoms with Crippen molar-refractivity contribution in [1.29, 1.82) is 0 Å². The van der Waals surface area contributed by atoms with E-state index < -0.39 is 10.8 Å². The fourth-order valence-corrected chi connectivity index (χ4v) is 10.8. The summed E-state index contributed by atoms with van der Waals surface area (Å²) in [6.45, 7) is 4.61. The van der Waals surface area contributed by atoms with Gasteiger partial charge in [-0.3, -0.25) is 9.59 Å². The van der Waals surface area contributed by atoms with Gasteiger partial charge in [-0.15, -0.1) is 0 Å². The molecule has 0 aliphatic heterocycles. The molecule has 0 aromatic carbocycles. The second-order valence-corrected chi connectivity index (χ2v) is 15.8. The van der Waals surface area contributed by atoms with Gasteiger partial charge in [-0.05, 0) is 113 Å². The van der Waals surface area contributed by atoms with Gasteiger partial charge < -0.3 is 0 Å². The van der Waals surface area contributed by atoms with Crippen molar-refractivity contribution in [3.63, 3.8) is 0 Å². The van der Waals surface area contributed by atoms with Crippen molar-refractivity contribution in [2.45, 2.75) is 181 Å². The Hall–Kier alpha value is -0.660. The third kappa shape index (κ3) is 6.46. The summed E-state index contributed by atoms with van der Waals surface area (Å²) in [6.07, 6.45) is 33.6. The molecule has 0 saturated heterocycles. The van der Waals surface area contributed by atoms with Crippen LogP contribution in [-0.4, -0.2) is 11.6 Å². The third-order valence-electron chi connectivity index (χ3n) is 13.6. The summed E-state index contributed by atoms with van der Waals surface area (Å²) in [7, 11) is 0. The van der Waals surface area contributed by atoms with Gasteiger partial charge in [-0.1, -0.05) is 104 Å². The topological polar surface area (TPSA) is 34.1 Å². The quantitative estimate of drug-likeness (QED) is 0.178. The molecule has 0 heterocycles. The van der Waals surface area contributed by atoms with E-state index in [9.17, 15) is 9.59 Å². The SMILES string of the molecule is CCCCCCC[C@H]1CC[C@H](C2CCC3(CC2)C(=O)C2(CCC([C@H]4CC[C@H](CCCCC)CC4)CC2)C3=O)CC1. The second kappa shape index (κ2) is 14.2. The molecule has 40 heavy (non-hydrogen) atoms. The van der Waals surface area contributed by atoms with Crippen molar-refractivity contribution in [3.8, 4) is 0 Å². The Bertz CT molecular complexity index is 775. The molecule has 5 aliphatic rings. The Morgan fingerprint density at radius 3 is 1.18 bits per heavy atom. The first-order valence-electron chi connectivity index (χ1n) is 18.6. The largest absolute Gasteiger partial charge is 0.297 e. The van der Waals surface area contributed by atoms with Crippen LogP contribution >= 0.6 is 0 Å². The van der Waals surface area contributed by atoms with Gasteiger partial charge >= 0.3 is 0 Å². The van der Waals surface area contributed by atoms with Crippen molar-refractivity contribution in [3.05, 3.63) is 0 Å². The summed E-state index contributed by atoms with van der Waals surface area (Å²) >= 11 is 0. The molecule has 0 amide bonds. The highest BCUT2D eigenvalue weighted by molar-refractivity contribution is 6.30. The van der Waals surface area contributed by atoms with Gasteiger partial charge in [-0.2, -0.15) is 0 Å².